The van der Waals surface area contributed by atoms with E-state index in [2.05, 4.69) is 11.1 Å². The van der Waals surface area contributed by atoms with Gasteiger partial charge in [0.2, 0.25) is 11.8 Å². The number of ether oxygens (including phenoxy) is 1. The number of imide groups is 1. The summed E-state index contributed by atoms with van der Waals surface area (Å²) in [5.74, 6) is 0.839. The average molecular weight is 503 g/mol. The molecular formula is C29H30N2O6. The highest BCUT2D eigenvalue weighted by Crippen LogP contribution is 2.50. The summed E-state index contributed by atoms with van der Waals surface area (Å²) in [6.45, 7) is 0.350. The van der Waals surface area contributed by atoms with E-state index in [0.29, 0.717) is 55.2 Å². The molecule has 1 saturated heterocycles. The van der Waals surface area contributed by atoms with Gasteiger partial charge in [-0.3, -0.25) is 9.59 Å². The molecule has 1 aliphatic heterocycles. The molecule has 3 aliphatic rings. The molecule has 2 aliphatic carbocycles. The molecule has 0 unspecified atom stereocenters. The van der Waals surface area contributed by atoms with Crippen LogP contribution in [0.1, 0.15) is 32.1 Å². The maximum atomic E-state index is 13.7. The molecule has 2 amide bonds. The highest BCUT2D eigenvalue weighted by molar-refractivity contribution is 6.22. The Morgan fingerprint density at radius 2 is 1.76 bits per heavy atom. The molecule has 37 heavy (non-hydrogen) atoms. The van der Waals surface area contributed by atoms with Gasteiger partial charge in [0.05, 0.1) is 35.4 Å². The quantitative estimate of drug-likeness (QED) is 0.260. The number of fused-ring (bicyclic) bond motifs is 3. The number of oxime groups is 1. The van der Waals surface area contributed by atoms with Gasteiger partial charge in [-0.05, 0) is 43.5 Å². The van der Waals surface area contributed by atoms with Gasteiger partial charge in [0.25, 0.3) is 0 Å². The first-order valence-corrected chi connectivity index (χ1v) is 12.7. The van der Waals surface area contributed by atoms with Crippen LogP contribution in [-0.4, -0.2) is 46.6 Å². The molecule has 2 aromatic rings. The van der Waals surface area contributed by atoms with Gasteiger partial charge >= 0.3 is 0 Å². The Labute approximate surface area is 215 Å². The van der Waals surface area contributed by atoms with Crippen molar-refractivity contribution in [2.45, 2.75) is 44.3 Å². The lowest BCUT2D eigenvalue weighted by molar-refractivity contribution is -0.132. The first-order valence-electron chi connectivity index (χ1n) is 12.7. The first-order chi connectivity index (χ1) is 18.0. The summed E-state index contributed by atoms with van der Waals surface area (Å²) < 4.78 is 5.90. The van der Waals surface area contributed by atoms with Crippen molar-refractivity contribution in [2.24, 2.45) is 28.8 Å². The molecular weight excluding hydrogens is 472 g/mol. The summed E-state index contributed by atoms with van der Waals surface area (Å²) >= 11 is 0. The molecule has 0 aromatic heterocycles. The number of terminal acetylenes is 1. The monoisotopic (exact) mass is 502 g/mol. The third kappa shape index (κ3) is 4.85. The molecule has 2 N–H and O–H groups in total. The van der Waals surface area contributed by atoms with Gasteiger partial charge in [-0.15, -0.1) is 12.3 Å². The fourth-order valence-electron chi connectivity index (χ4n) is 5.91. The number of carbonyl (C=O) groups is 2. The van der Waals surface area contributed by atoms with Crippen LogP contribution < -0.4 is 9.64 Å². The molecule has 192 valence electrons. The summed E-state index contributed by atoms with van der Waals surface area (Å²) in [5.41, 5.74) is 1.05. The number of aliphatic hydroxyl groups is 2. The predicted octanol–water partition coefficient (Wildman–Crippen LogP) is 3.52. The van der Waals surface area contributed by atoms with Crippen molar-refractivity contribution in [1.82, 2.24) is 0 Å². The van der Waals surface area contributed by atoms with Gasteiger partial charge in [0.1, 0.15) is 18.1 Å². The maximum Gasteiger partial charge on any atom is 0.238 e. The smallest absolute Gasteiger partial charge is 0.238 e. The number of rotatable bonds is 7. The lowest BCUT2D eigenvalue weighted by atomic mass is 9.60. The molecule has 1 heterocycles. The predicted molar refractivity (Wildman–Crippen MR) is 137 cm³/mol. The van der Waals surface area contributed by atoms with Crippen LogP contribution >= 0.6 is 0 Å². The third-order valence-electron chi connectivity index (χ3n) is 7.57. The van der Waals surface area contributed by atoms with Crippen LogP contribution in [0.5, 0.6) is 11.5 Å². The molecule has 6 atom stereocenters. The average Bonchev–Trinajstić information content (AvgIpc) is 3.16. The Morgan fingerprint density at radius 3 is 2.54 bits per heavy atom. The summed E-state index contributed by atoms with van der Waals surface area (Å²) in [4.78, 5) is 33.9. The van der Waals surface area contributed by atoms with Crippen LogP contribution in [0.15, 0.2) is 59.8 Å². The van der Waals surface area contributed by atoms with Crippen molar-refractivity contribution in [3.63, 3.8) is 0 Å². The van der Waals surface area contributed by atoms with E-state index in [0.717, 1.165) is 0 Å². The molecule has 0 radical (unpaired) electrons. The van der Waals surface area contributed by atoms with Gasteiger partial charge in [0.15, 0.2) is 0 Å². The fraction of sp³-hybridized carbons (Fsp3) is 0.414. The minimum absolute atomic E-state index is 0.166. The van der Waals surface area contributed by atoms with Crippen LogP contribution in [0.2, 0.25) is 0 Å². The zero-order chi connectivity index (χ0) is 25.9. The third-order valence-corrected chi connectivity index (χ3v) is 7.57. The molecule has 5 rings (SSSR count). The Kier molecular flexibility index (Phi) is 7.26. The Bertz CT molecular complexity index is 1220. The number of para-hydroxylation sites is 1. The van der Waals surface area contributed by atoms with Crippen LogP contribution in [-0.2, 0) is 14.4 Å². The summed E-state index contributed by atoms with van der Waals surface area (Å²) in [6.07, 6.45) is 5.51. The minimum Gasteiger partial charge on any atom is -0.457 e. The van der Waals surface area contributed by atoms with E-state index < -0.39 is 30.0 Å². The maximum absolute atomic E-state index is 13.7. The molecule has 8 nitrogen and oxygen atoms in total. The topological polar surface area (TPSA) is 109 Å². The van der Waals surface area contributed by atoms with Crippen molar-refractivity contribution in [2.75, 3.05) is 11.5 Å². The van der Waals surface area contributed by atoms with E-state index in [4.69, 9.17) is 16.0 Å². The van der Waals surface area contributed by atoms with Gasteiger partial charge < -0.3 is 19.8 Å². The molecule has 0 spiro atoms. The summed E-state index contributed by atoms with van der Waals surface area (Å²) in [6, 6.07) is 16.1. The van der Waals surface area contributed by atoms with E-state index in [9.17, 15) is 19.8 Å². The lowest BCUT2D eigenvalue weighted by Crippen LogP contribution is -2.54. The highest BCUT2D eigenvalue weighted by atomic mass is 16.6. The second-order valence-electron chi connectivity index (χ2n) is 9.80. The number of amides is 2. The molecule has 8 heteroatoms. The second-order valence-corrected chi connectivity index (χ2v) is 9.80. The second kappa shape index (κ2) is 10.8. The van der Waals surface area contributed by atoms with Gasteiger partial charge in [-0.1, -0.05) is 29.4 Å². The number of aliphatic hydroxyl groups excluding tert-OH is 2. The summed E-state index contributed by atoms with van der Waals surface area (Å²) in [7, 11) is 0. The van der Waals surface area contributed by atoms with E-state index >= 15 is 0 Å². The van der Waals surface area contributed by atoms with Crippen LogP contribution in [0.3, 0.4) is 0 Å². The van der Waals surface area contributed by atoms with Crippen LogP contribution in [0.4, 0.5) is 5.69 Å². The van der Waals surface area contributed by atoms with E-state index in [1.54, 1.807) is 24.3 Å². The number of anilines is 1. The number of nitrogens with zero attached hydrogens (tertiary/aromatic N) is 2. The van der Waals surface area contributed by atoms with Gasteiger partial charge in [0, 0.05) is 30.7 Å². The Balaban J connectivity index is 1.39. The number of hydrogen-bond acceptors (Lipinski definition) is 7. The number of hydrogen-bond donors (Lipinski definition) is 2. The Morgan fingerprint density at radius 1 is 1.00 bits per heavy atom. The van der Waals surface area contributed by atoms with E-state index in [-0.39, 0.29) is 24.2 Å². The number of carbonyl (C=O) groups excluding carboxylic acids is 2. The zero-order valence-electron chi connectivity index (χ0n) is 20.4. The van der Waals surface area contributed by atoms with Crippen molar-refractivity contribution < 1.29 is 29.4 Å². The normalized spacial score (nSPS) is 30.0. The first kappa shape index (κ1) is 25.0. The number of unbranched alkanes of at least 4 members (excludes halogenated alkanes) is 1. The number of benzene rings is 2. The minimum atomic E-state index is -1.14. The lowest BCUT2D eigenvalue weighted by Gasteiger charge is -2.45. The van der Waals surface area contributed by atoms with E-state index in [1.165, 1.54) is 4.90 Å². The zero-order valence-corrected chi connectivity index (χ0v) is 20.4. The van der Waals surface area contributed by atoms with Gasteiger partial charge in [-0.2, -0.15) is 0 Å². The van der Waals surface area contributed by atoms with E-state index in [1.807, 2.05) is 30.3 Å². The Hall–Kier alpha value is -3.67. The van der Waals surface area contributed by atoms with Gasteiger partial charge in [-0.25, -0.2) is 4.90 Å². The SMILES string of the molecule is C#CCCCO/N=C1\C[C@@H](O)[C@@H](O)[C@@H]2[C@@H]3C(=O)N(c4cccc(Oc5ccccc5)c4)C(=O)[C@@H]3CC[C@H]12. The molecule has 0 bridgehead atoms. The fourth-order valence-corrected chi connectivity index (χ4v) is 5.91. The molecule has 3 fully saturated rings. The van der Waals surface area contributed by atoms with Crippen molar-refractivity contribution in [3.8, 4) is 23.8 Å². The van der Waals surface area contributed by atoms with Crippen molar-refractivity contribution in [1.29, 1.82) is 0 Å². The molecule has 2 saturated carbocycles. The summed E-state index contributed by atoms with van der Waals surface area (Å²) in [5, 5.41) is 25.9. The van der Waals surface area contributed by atoms with Crippen LogP contribution in [0.25, 0.3) is 0 Å². The largest absolute Gasteiger partial charge is 0.457 e. The molecule has 2 aromatic carbocycles. The van der Waals surface area contributed by atoms with Crippen molar-refractivity contribution >= 4 is 23.2 Å². The standard InChI is InChI=1S/C29H30N2O6/c1-2-3-7-15-36-30-23-17-24(32)27(33)25-21(23)13-14-22-26(25)29(35)31(28(22)34)18-9-8-12-20(16-18)37-19-10-5-4-6-11-19/h1,4-6,8-12,16,21-22,24-27,32-33H,3,7,13-15,17H2/b30-23+/t21-,22-,24-,25+,26-,27-/m1/s1. The highest BCUT2D eigenvalue weighted by Gasteiger charge is 2.60. The van der Waals surface area contributed by atoms with Crippen LogP contribution in [0, 0.1) is 36.0 Å². The van der Waals surface area contributed by atoms with Crippen molar-refractivity contribution in [3.05, 3.63) is 54.6 Å².